The summed E-state index contributed by atoms with van der Waals surface area (Å²) in [6.07, 6.45) is 0. The number of carbonyl (C=O) groups is 2. The van der Waals surface area contributed by atoms with Gasteiger partial charge in [0.2, 0.25) is 0 Å². The highest BCUT2D eigenvalue weighted by Crippen LogP contribution is 2.25. The Kier molecular flexibility index (Phi) is 4.86. The molecule has 1 fully saturated rings. The SMILES string of the molecule is Cc1nc(NC(=O)c2ccccc2F)sc1C(=O)N1CCOCC1. The average Bonchev–Trinajstić information content (AvgIpc) is 2.95. The minimum absolute atomic E-state index is 0.0635. The Bertz CT molecular complexity index is 772. The van der Waals surface area contributed by atoms with E-state index >= 15 is 0 Å². The van der Waals surface area contributed by atoms with Crippen molar-refractivity contribution in [3.05, 3.63) is 46.2 Å². The van der Waals surface area contributed by atoms with E-state index in [4.69, 9.17) is 4.74 Å². The number of morpholine rings is 1. The van der Waals surface area contributed by atoms with Gasteiger partial charge < -0.3 is 9.64 Å². The number of amides is 2. The summed E-state index contributed by atoms with van der Waals surface area (Å²) in [5, 5.41) is 2.83. The highest BCUT2D eigenvalue weighted by atomic mass is 32.1. The number of aryl methyl sites for hydroxylation is 1. The summed E-state index contributed by atoms with van der Waals surface area (Å²) < 4.78 is 18.9. The molecule has 1 aliphatic rings. The van der Waals surface area contributed by atoms with Crippen LogP contribution in [0.5, 0.6) is 0 Å². The Morgan fingerprint density at radius 3 is 2.71 bits per heavy atom. The Labute approximate surface area is 142 Å². The number of halogens is 1. The Balaban J connectivity index is 1.75. The van der Waals surface area contributed by atoms with Gasteiger partial charge in [0.15, 0.2) is 5.13 Å². The maximum Gasteiger partial charge on any atom is 0.266 e. The Morgan fingerprint density at radius 1 is 1.29 bits per heavy atom. The monoisotopic (exact) mass is 349 g/mol. The fourth-order valence-corrected chi connectivity index (χ4v) is 3.30. The minimum atomic E-state index is -0.604. The molecule has 0 bridgehead atoms. The van der Waals surface area contributed by atoms with Gasteiger partial charge in [-0.1, -0.05) is 23.5 Å². The number of rotatable bonds is 3. The van der Waals surface area contributed by atoms with Crippen LogP contribution in [0, 0.1) is 12.7 Å². The third-order valence-electron chi connectivity index (χ3n) is 3.63. The summed E-state index contributed by atoms with van der Waals surface area (Å²) in [5.41, 5.74) is 0.478. The van der Waals surface area contributed by atoms with E-state index in [0.717, 1.165) is 11.3 Å². The number of anilines is 1. The number of hydrogen-bond donors (Lipinski definition) is 1. The van der Waals surface area contributed by atoms with E-state index in [1.807, 2.05) is 0 Å². The van der Waals surface area contributed by atoms with E-state index in [2.05, 4.69) is 10.3 Å². The molecule has 8 heteroatoms. The molecule has 2 amide bonds. The summed E-state index contributed by atoms with van der Waals surface area (Å²) >= 11 is 1.09. The van der Waals surface area contributed by atoms with Crippen molar-refractivity contribution in [3.63, 3.8) is 0 Å². The van der Waals surface area contributed by atoms with Gasteiger partial charge in [-0.15, -0.1) is 0 Å². The molecule has 1 N–H and O–H groups in total. The summed E-state index contributed by atoms with van der Waals surface area (Å²) in [4.78, 5) is 31.0. The predicted molar refractivity (Wildman–Crippen MR) is 87.9 cm³/mol. The van der Waals surface area contributed by atoms with Crippen molar-refractivity contribution in [3.8, 4) is 0 Å². The van der Waals surface area contributed by atoms with Crippen molar-refractivity contribution in [2.45, 2.75) is 6.92 Å². The topological polar surface area (TPSA) is 71.5 Å². The number of nitrogens with one attached hydrogen (secondary N) is 1. The lowest BCUT2D eigenvalue weighted by Gasteiger charge is -2.26. The molecule has 0 spiro atoms. The Hall–Kier alpha value is -2.32. The van der Waals surface area contributed by atoms with E-state index < -0.39 is 11.7 Å². The van der Waals surface area contributed by atoms with Gasteiger partial charge >= 0.3 is 0 Å². The van der Waals surface area contributed by atoms with Gasteiger partial charge in [-0.25, -0.2) is 9.37 Å². The maximum atomic E-state index is 13.6. The first-order chi connectivity index (χ1) is 11.6. The molecule has 126 valence electrons. The van der Waals surface area contributed by atoms with Crippen molar-refractivity contribution >= 4 is 28.3 Å². The average molecular weight is 349 g/mol. The zero-order valence-electron chi connectivity index (χ0n) is 13.0. The van der Waals surface area contributed by atoms with Gasteiger partial charge in [-0.05, 0) is 19.1 Å². The van der Waals surface area contributed by atoms with Crippen LogP contribution in [-0.2, 0) is 4.74 Å². The third-order valence-corrected chi connectivity index (χ3v) is 4.69. The number of thiazole rings is 1. The summed E-state index contributed by atoms with van der Waals surface area (Å²) in [7, 11) is 0. The van der Waals surface area contributed by atoms with Gasteiger partial charge in [0.1, 0.15) is 10.7 Å². The normalized spacial score (nSPS) is 14.5. The smallest absolute Gasteiger partial charge is 0.266 e. The first-order valence-corrected chi connectivity index (χ1v) is 8.28. The first kappa shape index (κ1) is 16.5. The van der Waals surface area contributed by atoms with Crippen molar-refractivity contribution in [1.82, 2.24) is 9.88 Å². The van der Waals surface area contributed by atoms with Gasteiger partial charge in [0.25, 0.3) is 11.8 Å². The molecule has 0 aliphatic carbocycles. The van der Waals surface area contributed by atoms with Crippen LogP contribution in [0.25, 0.3) is 0 Å². The fraction of sp³-hybridized carbons (Fsp3) is 0.312. The van der Waals surface area contributed by atoms with Crippen molar-refractivity contribution in [1.29, 1.82) is 0 Å². The van der Waals surface area contributed by atoms with Crippen LogP contribution < -0.4 is 5.32 Å². The van der Waals surface area contributed by atoms with E-state index in [-0.39, 0.29) is 16.6 Å². The molecule has 0 saturated carbocycles. The van der Waals surface area contributed by atoms with E-state index in [1.165, 1.54) is 18.2 Å². The maximum absolute atomic E-state index is 13.6. The highest BCUT2D eigenvalue weighted by Gasteiger charge is 2.24. The zero-order chi connectivity index (χ0) is 17.1. The molecule has 1 aromatic heterocycles. The lowest BCUT2D eigenvalue weighted by Crippen LogP contribution is -2.40. The molecule has 6 nitrogen and oxygen atoms in total. The van der Waals surface area contributed by atoms with Gasteiger partial charge in [0.05, 0.1) is 24.5 Å². The molecule has 24 heavy (non-hydrogen) atoms. The largest absolute Gasteiger partial charge is 0.378 e. The summed E-state index contributed by atoms with van der Waals surface area (Å²) in [6, 6.07) is 5.71. The van der Waals surface area contributed by atoms with Crippen LogP contribution in [-0.4, -0.2) is 48.0 Å². The second kappa shape index (κ2) is 7.06. The molecule has 2 heterocycles. The number of ether oxygens (including phenoxy) is 1. The van der Waals surface area contributed by atoms with Gasteiger partial charge in [-0.3, -0.25) is 14.9 Å². The van der Waals surface area contributed by atoms with Gasteiger partial charge in [-0.2, -0.15) is 0 Å². The van der Waals surface area contributed by atoms with Crippen molar-refractivity contribution < 1.29 is 18.7 Å². The van der Waals surface area contributed by atoms with Crippen molar-refractivity contribution in [2.24, 2.45) is 0 Å². The Morgan fingerprint density at radius 2 is 2.00 bits per heavy atom. The first-order valence-electron chi connectivity index (χ1n) is 7.46. The second-order valence-corrected chi connectivity index (χ2v) is 6.27. The highest BCUT2D eigenvalue weighted by molar-refractivity contribution is 7.17. The van der Waals surface area contributed by atoms with Crippen LogP contribution in [0.15, 0.2) is 24.3 Å². The molecule has 0 radical (unpaired) electrons. The number of benzene rings is 1. The molecule has 3 rings (SSSR count). The summed E-state index contributed by atoms with van der Waals surface area (Å²) in [5.74, 6) is -1.32. The second-order valence-electron chi connectivity index (χ2n) is 5.27. The van der Waals surface area contributed by atoms with Crippen LogP contribution in [0.3, 0.4) is 0 Å². The molecule has 1 saturated heterocycles. The van der Waals surface area contributed by atoms with Crippen LogP contribution in [0.1, 0.15) is 25.7 Å². The predicted octanol–water partition coefficient (Wildman–Crippen LogP) is 2.32. The summed E-state index contributed by atoms with van der Waals surface area (Å²) in [6.45, 7) is 3.81. The lowest BCUT2D eigenvalue weighted by atomic mass is 10.2. The molecule has 1 aromatic carbocycles. The molecule has 2 aromatic rings. The van der Waals surface area contributed by atoms with E-state index in [0.29, 0.717) is 36.9 Å². The molecule has 0 atom stereocenters. The number of hydrogen-bond acceptors (Lipinski definition) is 5. The van der Waals surface area contributed by atoms with Crippen LogP contribution >= 0.6 is 11.3 Å². The van der Waals surface area contributed by atoms with E-state index in [1.54, 1.807) is 17.9 Å². The quantitative estimate of drug-likeness (QED) is 0.923. The number of nitrogens with zero attached hydrogens (tertiary/aromatic N) is 2. The fourth-order valence-electron chi connectivity index (χ4n) is 2.37. The standard InChI is InChI=1S/C16H16FN3O3S/c1-10-13(15(22)20-6-8-23-9-7-20)24-16(18-10)19-14(21)11-4-2-3-5-12(11)17/h2-5H,6-9H2,1H3,(H,18,19,21). The molecule has 1 aliphatic heterocycles. The van der Waals surface area contributed by atoms with Crippen LogP contribution in [0.4, 0.5) is 9.52 Å². The van der Waals surface area contributed by atoms with Gasteiger partial charge in [0, 0.05) is 13.1 Å². The molecular formula is C16H16FN3O3S. The van der Waals surface area contributed by atoms with E-state index in [9.17, 15) is 14.0 Å². The number of carbonyl (C=O) groups excluding carboxylic acids is 2. The molecular weight excluding hydrogens is 333 g/mol. The zero-order valence-corrected chi connectivity index (χ0v) is 13.9. The number of aromatic nitrogens is 1. The van der Waals surface area contributed by atoms with Crippen LogP contribution in [0.2, 0.25) is 0 Å². The minimum Gasteiger partial charge on any atom is -0.378 e. The lowest BCUT2D eigenvalue weighted by molar-refractivity contribution is 0.0305. The third kappa shape index (κ3) is 3.44. The van der Waals surface area contributed by atoms with Crippen molar-refractivity contribution in [2.75, 3.05) is 31.6 Å². The molecule has 0 unspecified atom stereocenters.